The van der Waals surface area contributed by atoms with Gasteiger partial charge in [-0.25, -0.2) is 9.59 Å². The number of rotatable bonds is 8. The van der Waals surface area contributed by atoms with Gasteiger partial charge in [-0.15, -0.1) is 0 Å². The summed E-state index contributed by atoms with van der Waals surface area (Å²) in [5.74, 6) is -0.691. The van der Waals surface area contributed by atoms with Crippen molar-refractivity contribution >= 4 is 17.9 Å². The molecule has 1 unspecified atom stereocenters. The van der Waals surface area contributed by atoms with E-state index in [0.717, 1.165) is 0 Å². The van der Waals surface area contributed by atoms with Crippen LogP contribution in [0, 0.1) is 0 Å². The average Bonchev–Trinajstić information content (AvgIpc) is 2.59. The highest BCUT2D eigenvalue weighted by molar-refractivity contribution is 5.95. The predicted molar refractivity (Wildman–Crippen MR) is 91.1 cm³/mol. The van der Waals surface area contributed by atoms with Gasteiger partial charge in [-0.3, -0.25) is 4.79 Å². The van der Waals surface area contributed by atoms with Crippen LogP contribution in [0.15, 0.2) is 35.5 Å². The number of hydrogen-bond acceptors (Lipinski definition) is 6. The maximum atomic E-state index is 12.4. The monoisotopic (exact) mass is 363 g/mol. The Morgan fingerprint density at radius 2 is 1.88 bits per heavy atom. The molecule has 4 N–H and O–H groups in total. The van der Waals surface area contributed by atoms with E-state index in [9.17, 15) is 14.4 Å². The van der Waals surface area contributed by atoms with Gasteiger partial charge in [0.2, 0.25) is 0 Å². The molecule has 0 radical (unpaired) electrons. The van der Waals surface area contributed by atoms with Gasteiger partial charge in [0.15, 0.2) is 6.61 Å². The fourth-order valence-corrected chi connectivity index (χ4v) is 2.42. The number of carbonyl (C=O) groups is 3. The molecule has 0 aliphatic carbocycles. The third kappa shape index (κ3) is 4.96. The van der Waals surface area contributed by atoms with Crippen LogP contribution < -0.4 is 21.1 Å². The molecular formula is C17H21N3O6. The molecular weight excluding hydrogens is 342 g/mol. The van der Waals surface area contributed by atoms with Crippen LogP contribution >= 0.6 is 0 Å². The van der Waals surface area contributed by atoms with Gasteiger partial charge in [0.1, 0.15) is 12.4 Å². The van der Waals surface area contributed by atoms with E-state index in [1.165, 1.54) is 7.11 Å². The van der Waals surface area contributed by atoms with Gasteiger partial charge in [-0.1, -0.05) is 12.1 Å². The first kappa shape index (κ1) is 19.3. The van der Waals surface area contributed by atoms with Crippen LogP contribution in [-0.2, 0) is 19.1 Å². The smallest absolute Gasteiger partial charge is 0.338 e. The number of hydrogen-bond donors (Lipinski definition) is 3. The zero-order chi connectivity index (χ0) is 19.1. The van der Waals surface area contributed by atoms with Gasteiger partial charge in [0.05, 0.1) is 18.2 Å². The molecule has 0 spiro atoms. The summed E-state index contributed by atoms with van der Waals surface area (Å²) in [7, 11) is 1.51. The lowest BCUT2D eigenvalue weighted by molar-refractivity contribution is -0.140. The lowest BCUT2D eigenvalue weighted by Crippen LogP contribution is -2.45. The zero-order valence-electron chi connectivity index (χ0n) is 14.5. The summed E-state index contributed by atoms with van der Waals surface area (Å²) < 4.78 is 15.2. The fourth-order valence-electron chi connectivity index (χ4n) is 2.42. The quantitative estimate of drug-likeness (QED) is 0.452. The summed E-state index contributed by atoms with van der Waals surface area (Å²) in [6.07, 6.45) is 0. The third-order valence-corrected chi connectivity index (χ3v) is 3.60. The molecule has 140 valence electrons. The second-order valence-electron chi connectivity index (χ2n) is 5.52. The topological polar surface area (TPSA) is 129 Å². The van der Waals surface area contributed by atoms with Crippen LogP contribution in [0.5, 0.6) is 5.75 Å². The maximum absolute atomic E-state index is 12.4. The lowest BCUT2D eigenvalue weighted by atomic mass is 9.95. The average molecular weight is 363 g/mol. The van der Waals surface area contributed by atoms with Crippen molar-refractivity contribution in [2.24, 2.45) is 5.73 Å². The van der Waals surface area contributed by atoms with Crippen molar-refractivity contribution in [3.05, 3.63) is 41.1 Å². The van der Waals surface area contributed by atoms with Crippen molar-refractivity contribution in [3.8, 4) is 5.75 Å². The zero-order valence-corrected chi connectivity index (χ0v) is 14.5. The van der Waals surface area contributed by atoms with Gasteiger partial charge in [-0.2, -0.15) is 0 Å². The molecule has 26 heavy (non-hydrogen) atoms. The minimum Gasteiger partial charge on any atom is -0.484 e. The highest BCUT2D eigenvalue weighted by atomic mass is 16.6. The van der Waals surface area contributed by atoms with Crippen molar-refractivity contribution < 1.29 is 28.6 Å². The molecule has 0 bridgehead atoms. The highest BCUT2D eigenvalue weighted by Gasteiger charge is 2.32. The minimum atomic E-state index is -0.677. The molecule has 1 aliphatic rings. The number of nitrogens with one attached hydrogen (secondary N) is 2. The molecule has 1 aliphatic heterocycles. The second-order valence-corrected chi connectivity index (χ2v) is 5.52. The number of methoxy groups -OCH3 is 1. The molecule has 2 rings (SSSR count). The Labute approximate surface area is 150 Å². The van der Waals surface area contributed by atoms with E-state index in [0.29, 0.717) is 22.6 Å². The van der Waals surface area contributed by atoms with Crippen molar-refractivity contribution in [3.63, 3.8) is 0 Å². The summed E-state index contributed by atoms with van der Waals surface area (Å²) in [6.45, 7) is 1.77. The third-order valence-electron chi connectivity index (χ3n) is 3.60. The number of ether oxygens (including phenoxy) is 3. The summed E-state index contributed by atoms with van der Waals surface area (Å²) in [4.78, 5) is 35.0. The number of benzene rings is 1. The number of primary amides is 1. The van der Waals surface area contributed by atoms with Gasteiger partial charge in [0, 0.05) is 12.8 Å². The number of allylic oxidation sites excluding steroid dienone is 1. The van der Waals surface area contributed by atoms with Crippen LogP contribution in [0.1, 0.15) is 18.5 Å². The van der Waals surface area contributed by atoms with Crippen LogP contribution in [0.25, 0.3) is 0 Å². The van der Waals surface area contributed by atoms with E-state index >= 15 is 0 Å². The van der Waals surface area contributed by atoms with Crippen molar-refractivity contribution in [1.29, 1.82) is 0 Å². The number of amides is 3. The Morgan fingerprint density at radius 1 is 1.19 bits per heavy atom. The Morgan fingerprint density at radius 3 is 2.50 bits per heavy atom. The molecule has 1 atom stereocenters. The molecule has 9 nitrogen and oxygen atoms in total. The first-order valence-electron chi connectivity index (χ1n) is 7.87. The van der Waals surface area contributed by atoms with Crippen molar-refractivity contribution in [1.82, 2.24) is 10.6 Å². The number of nitrogens with two attached hydrogens (primary N) is 1. The number of carbonyl (C=O) groups excluding carboxylic acids is 3. The van der Waals surface area contributed by atoms with Gasteiger partial charge in [0.25, 0.3) is 5.91 Å². The van der Waals surface area contributed by atoms with E-state index in [4.69, 9.17) is 19.9 Å². The standard InChI is InChI=1S/C17H21N3O6/c1-10-14(16(22)25-8-7-24-2)15(20-17(23)19-10)11-3-5-12(6-4-11)26-9-13(18)21/h3-6,15H,7-9H2,1-2H3,(H2,18,21)(H2,19,20,23). The molecule has 3 amide bonds. The molecule has 9 heteroatoms. The van der Waals surface area contributed by atoms with Crippen molar-refractivity contribution in [2.45, 2.75) is 13.0 Å². The van der Waals surface area contributed by atoms with E-state index in [2.05, 4.69) is 10.6 Å². The molecule has 0 aromatic heterocycles. The fraction of sp³-hybridized carbons (Fsp3) is 0.353. The largest absolute Gasteiger partial charge is 0.484 e. The SMILES string of the molecule is COCCOC(=O)C1=C(C)NC(=O)NC1c1ccc(OCC(N)=O)cc1. The molecule has 0 saturated carbocycles. The predicted octanol–water partition coefficient (Wildman–Crippen LogP) is 0.368. The van der Waals surface area contributed by atoms with Gasteiger partial charge >= 0.3 is 12.0 Å². The van der Waals surface area contributed by atoms with E-state index < -0.39 is 23.9 Å². The summed E-state index contributed by atoms with van der Waals surface area (Å²) >= 11 is 0. The summed E-state index contributed by atoms with van der Waals surface area (Å²) in [5, 5.41) is 5.27. The lowest BCUT2D eigenvalue weighted by Gasteiger charge is -2.28. The van der Waals surface area contributed by atoms with Crippen LogP contribution in [0.3, 0.4) is 0 Å². The first-order valence-corrected chi connectivity index (χ1v) is 7.87. The van der Waals surface area contributed by atoms with Crippen LogP contribution in [0.4, 0.5) is 4.79 Å². The normalized spacial score (nSPS) is 16.5. The second kappa shape index (κ2) is 8.86. The van der Waals surface area contributed by atoms with E-state index in [-0.39, 0.29) is 19.8 Å². The Kier molecular flexibility index (Phi) is 6.56. The van der Waals surface area contributed by atoms with Gasteiger partial charge < -0.3 is 30.6 Å². The van der Waals surface area contributed by atoms with Gasteiger partial charge in [-0.05, 0) is 24.6 Å². The Hall–Kier alpha value is -3.07. The van der Waals surface area contributed by atoms with Crippen LogP contribution in [0.2, 0.25) is 0 Å². The summed E-state index contributed by atoms with van der Waals surface area (Å²) in [5.41, 5.74) is 6.40. The molecule has 1 aromatic carbocycles. The Bertz CT molecular complexity index is 714. The number of esters is 1. The first-order chi connectivity index (χ1) is 12.4. The van der Waals surface area contributed by atoms with Crippen LogP contribution in [-0.4, -0.2) is 44.8 Å². The highest BCUT2D eigenvalue weighted by Crippen LogP contribution is 2.28. The molecule has 0 fully saturated rings. The summed E-state index contributed by atoms with van der Waals surface area (Å²) in [6, 6.07) is 5.51. The maximum Gasteiger partial charge on any atom is 0.338 e. The molecule has 0 saturated heterocycles. The number of urea groups is 1. The van der Waals surface area contributed by atoms with Crippen molar-refractivity contribution in [2.75, 3.05) is 26.9 Å². The van der Waals surface area contributed by atoms with E-state index in [1.54, 1.807) is 31.2 Å². The Balaban J connectivity index is 2.20. The molecule has 1 heterocycles. The molecule has 1 aromatic rings. The van der Waals surface area contributed by atoms with E-state index in [1.807, 2.05) is 0 Å². The minimum absolute atomic E-state index is 0.104.